The van der Waals surface area contributed by atoms with Crippen LogP contribution in [0.4, 0.5) is 4.79 Å². The van der Waals surface area contributed by atoms with Crippen LogP contribution in [0.15, 0.2) is 65.1 Å². The SMILES string of the molecule is O=C1SC(Cc2ccccc2)C(=O)N1OCCc1nc(-c2ccccc2)oc1CBr. The van der Waals surface area contributed by atoms with E-state index in [1.54, 1.807) is 0 Å². The molecule has 1 saturated heterocycles. The van der Waals surface area contributed by atoms with Gasteiger partial charge in [0.2, 0.25) is 5.89 Å². The summed E-state index contributed by atoms with van der Waals surface area (Å²) >= 11 is 4.42. The monoisotopic (exact) mass is 486 g/mol. The number of benzene rings is 2. The fraction of sp³-hybridized carbons (Fsp3) is 0.227. The van der Waals surface area contributed by atoms with Gasteiger partial charge in [0.1, 0.15) is 5.76 Å². The number of rotatable bonds is 8. The zero-order valence-corrected chi connectivity index (χ0v) is 18.4. The van der Waals surface area contributed by atoms with Gasteiger partial charge >= 0.3 is 5.24 Å². The highest BCUT2D eigenvalue weighted by Crippen LogP contribution is 2.30. The minimum absolute atomic E-state index is 0.150. The number of carbonyl (C=O) groups excluding carboxylic acids is 2. The molecule has 0 bridgehead atoms. The van der Waals surface area contributed by atoms with Gasteiger partial charge in [0, 0.05) is 12.0 Å². The van der Waals surface area contributed by atoms with E-state index in [-0.39, 0.29) is 17.8 Å². The van der Waals surface area contributed by atoms with Crippen molar-refractivity contribution < 1.29 is 18.8 Å². The van der Waals surface area contributed by atoms with Crippen LogP contribution in [0, 0.1) is 0 Å². The summed E-state index contributed by atoms with van der Waals surface area (Å²) in [5, 5.41) is 0.546. The number of hydrogen-bond acceptors (Lipinski definition) is 6. The number of alkyl halides is 1. The van der Waals surface area contributed by atoms with Crippen molar-refractivity contribution in [3.63, 3.8) is 0 Å². The third-order valence-electron chi connectivity index (χ3n) is 4.63. The van der Waals surface area contributed by atoms with E-state index >= 15 is 0 Å². The van der Waals surface area contributed by atoms with Gasteiger partial charge in [-0.25, -0.2) is 4.98 Å². The van der Waals surface area contributed by atoms with Crippen LogP contribution in [0.25, 0.3) is 11.5 Å². The van der Waals surface area contributed by atoms with Crippen LogP contribution in [-0.2, 0) is 27.8 Å². The lowest BCUT2D eigenvalue weighted by atomic mass is 10.1. The largest absolute Gasteiger partial charge is 0.440 e. The summed E-state index contributed by atoms with van der Waals surface area (Å²) in [5.41, 5.74) is 2.63. The molecule has 8 heteroatoms. The van der Waals surface area contributed by atoms with Gasteiger partial charge in [-0.05, 0) is 35.9 Å². The summed E-state index contributed by atoms with van der Waals surface area (Å²) in [6, 6.07) is 19.3. The molecule has 0 aliphatic carbocycles. The van der Waals surface area contributed by atoms with Crippen LogP contribution in [-0.4, -0.2) is 33.1 Å². The number of imide groups is 1. The van der Waals surface area contributed by atoms with Gasteiger partial charge in [0.05, 0.1) is 22.9 Å². The van der Waals surface area contributed by atoms with Crippen molar-refractivity contribution in [3.8, 4) is 11.5 Å². The predicted molar refractivity (Wildman–Crippen MR) is 118 cm³/mol. The van der Waals surface area contributed by atoms with Gasteiger partial charge in [-0.3, -0.25) is 14.4 Å². The van der Waals surface area contributed by atoms with E-state index in [2.05, 4.69) is 20.9 Å². The lowest BCUT2D eigenvalue weighted by molar-refractivity contribution is -0.163. The number of hydrogen-bond donors (Lipinski definition) is 0. The van der Waals surface area contributed by atoms with E-state index in [0.29, 0.717) is 29.8 Å². The Morgan fingerprint density at radius 3 is 2.47 bits per heavy atom. The average molecular weight is 487 g/mol. The second kappa shape index (κ2) is 9.59. The number of aromatic nitrogens is 1. The molecule has 1 atom stereocenters. The Hall–Kier alpha value is -2.42. The average Bonchev–Trinajstić information content (AvgIpc) is 3.31. The third-order valence-corrected chi connectivity index (χ3v) is 6.16. The van der Waals surface area contributed by atoms with Crippen molar-refractivity contribution >= 4 is 38.8 Å². The number of halogens is 1. The van der Waals surface area contributed by atoms with Crippen molar-refractivity contribution in [1.29, 1.82) is 0 Å². The number of amides is 2. The van der Waals surface area contributed by atoms with Crippen molar-refractivity contribution in [2.75, 3.05) is 6.61 Å². The second-order valence-electron chi connectivity index (χ2n) is 6.67. The highest BCUT2D eigenvalue weighted by molar-refractivity contribution is 9.08. The first-order valence-electron chi connectivity index (χ1n) is 9.47. The summed E-state index contributed by atoms with van der Waals surface area (Å²) < 4.78 is 5.83. The maximum atomic E-state index is 12.6. The highest BCUT2D eigenvalue weighted by Gasteiger charge is 2.40. The molecular formula is C22H19BrN2O4S. The molecule has 30 heavy (non-hydrogen) atoms. The number of carbonyl (C=O) groups is 2. The molecule has 2 amide bonds. The molecule has 3 aromatic rings. The Balaban J connectivity index is 1.36. The minimum atomic E-state index is -0.463. The van der Waals surface area contributed by atoms with Crippen molar-refractivity contribution in [1.82, 2.24) is 10.0 Å². The normalized spacial score (nSPS) is 16.4. The van der Waals surface area contributed by atoms with E-state index < -0.39 is 5.25 Å². The van der Waals surface area contributed by atoms with Gasteiger partial charge in [0.15, 0.2) is 0 Å². The third kappa shape index (κ3) is 4.66. The standard InChI is InChI=1S/C22H19BrN2O4S/c23-14-18-17(24-20(29-18)16-9-5-2-6-10-16)11-12-28-25-21(26)19(30-22(25)27)13-15-7-3-1-4-8-15/h1-10,19H,11-14H2. The molecular weight excluding hydrogens is 468 g/mol. The van der Waals surface area contributed by atoms with Gasteiger partial charge < -0.3 is 4.42 Å². The fourth-order valence-corrected chi connectivity index (χ4v) is 4.53. The topological polar surface area (TPSA) is 72.6 Å². The van der Waals surface area contributed by atoms with E-state index in [4.69, 9.17) is 9.25 Å². The minimum Gasteiger partial charge on any atom is -0.440 e. The maximum absolute atomic E-state index is 12.6. The molecule has 154 valence electrons. The Kier molecular flexibility index (Phi) is 6.66. The lowest BCUT2D eigenvalue weighted by Gasteiger charge is -2.13. The summed E-state index contributed by atoms with van der Waals surface area (Å²) in [6.07, 6.45) is 0.912. The van der Waals surface area contributed by atoms with Crippen LogP contribution < -0.4 is 0 Å². The molecule has 1 fully saturated rings. The van der Waals surface area contributed by atoms with Gasteiger partial charge in [-0.2, -0.15) is 0 Å². The molecule has 2 heterocycles. The summed E-state index contributed by atoms with van der Waals surface area (Å²) in [7, 11) is 0. The zero-order valence-electron chi connectivity index (χ0n) is 16.0. The Bertz CT molecular complexity index is 1030. The molecule has 2 aromatic carbocycles. The number of oxazole rings is 1. The quantitative estimate of drug-likeness (QED) is 0.416. The molecule has 0 spiro atoms. The van der Waals surface area contributed by atoms with Crippen LogP contribution in [0.5, 0.6) is 0 Å². The molecule has 6 nitrogen and oxygen atoms in total. The first kappa shape index (κ1) is 20.8. The fourth-order valence-electron chi connectivity index (χ4n) is 3.14. The van der Waals surface area contributed by atoms with Gasteiger partial charge in [-0.15, -0.1) is 5.06 Å². The molecule has 1 aliphatic rings. The van der Waals surface area contributed by atoms with E-state index in [0.717, 1.165) is 33.6 Å². The maximum Gasteiger partial charge on any atom is 0.313 e. The van der Waals surface area contributed by atoms with Crippen LogP contribution in [0.1, 0.15) is 17.0 Å². The zero-order chi connectivity index (χ0) is 20.9. The number of thioether (sulfide) groups is 1. The van der Waals surface area contributed by atoms with Gasteiger partial charge in [-0.1, -0.05) is 64.5 Å². The first-order chi connectivity index (χ1) is 14.7. The lowest BCUT2D eigenvalue weighted by Crippen LogP contribution is -2.33. The van der Waals surface area contributed by atoms with E-state index in [9.17, 15) is 9.59 Å². The first-order valence-corrected chi connectivity index (χ1v) is 11.5. The Morgan fingerprint density at radius 2 is 1.77 bits per heavy atom. The molecule has 1 unspecified atom stereocenters. The molecule has 0 N–H and O–H groups in total. The molecule has 0 radical (unpaired) electrons. The van der Waals surface area contributed by atoms with E-state index in [1.807, 2.05) is 60.7 Å². The second-order valence-corrected chi connectivity index (χ2v) is 8.38. The molecule has 4 rings (SSSR count). The highest BCUT2D eigenvalue weighted by atomic mass is 79.9. The molecule has 1 aliphatic heterocycles. The van der Waals surface area contributed by atoms with Crippen molar-refractivity contribution in [3.05, 3.63) is 77.7 Å². The smallest absolute Gasteiger partial charge is 0.313 e. The number of hydroxylamine groups is 2. The van der Waals surface area contributed by atoms with Crippen LogP contribution in [0.3, 0.4) is 0 Å². The predicted octanol–water partition coefficient (Wildman–Crippen LogP) is 5.02. The molecule has 1 aromatic heterocycles. The van der Waals surface area contributed by atoms with Crippen molar-refractivity contribution in [2.45, 2.75) is 23.4 Å². The van der Waals surface area contributed by atoms with Crippen LogP contribution in [0.2, 0.25) is 0 Å². The van der Waals surface area contributed by atoms with E-state index in [1.165, 1.54) is 0 Å². The van der Waals surface area contributed by atoms with Crippen molar-refractivity contribution in [2.24, 2.45) is 0 Å². The summed E-state index contributed by atoms with van der Waals surface area (Å²) in [5.74, 6) is 0.916. The summed E-state index contributed by atoms with van der Waals surface area (Å²) in [6.45, 7) is 0.150. The Morgan fingerprint density at radius 1 is 1.07 bits per heavy atom. The van der Waals surface area contributed by atoms with Crippen LogP contribution >= 0.6 is 27.7 Å². The molecule has 0 saturated carbocycles. The summed E-state index contributed by atoms with van der Waals surface area (Å²) in [4.78, 5) is 34.9. The Labute approximate surface area is 186 Å². The van der Waals surface area contributed by atoms with Gasteiger partial charge in [0.25, 0.3) is 5.91 Å². The number of nitrogens with zero attached hydrogens (tertiary/aromatic N) is 2.